The second-order valence-electron chi connectivity index (χ2n) is 6.08. The van der Waals surface area contributed by atoms with Crippen LogP contribution in [0.3, 0.4) is 0 Å². The number of alkyl halides is 2. The van der Waals surface area contributed by atoms with E-state index in [1.54, 1.807) is 0 Å². The van der Waals surface area contributed by atoms with E-state index in [9.17, 15) is 13.2 Å². The molecule has 0 aliphatic carbocycles. The standard InChI is InChI=1S/C13H14BF3O4/c1-11(2)12(3,4)21-14(20-11)7-5-9-10(6-8(7)15)19-13(16,17)18-9/h5-6H,1-4H3. The number of rotatable bonds is 1. The molecule has 0 radical (unpaired) electrons. The molecule has 0 amide bonds. The topological polar surface area (TPSA) is 36.9 Å². The van der Waals surface area contributed by atoms with E-state index < -0.39 is 30.4 Å². The van der Waals surface area contributed by atoms with Crippen LogP contribution in [0.15, 0.2) is 12.1 Å². The van der Waals surface area contributed by atoms with Crippen LogP contribution in [0.25, 0.3) is 0 Å². The highest BCUT2D eigenvalue weighted by atomic mass is 19.3. The molecule has 0 spiro atoms. The van der Waals surface area contributed by atoms with Gasteiger partial charge in [-0.05, 0) is 33.8 Å². The summed E-state index contributed by atoms with van der Waals surface area (Å²) in [6.07, 6.45) is -3.79. The van der Waals surface area contributed by atoms with Gasteiger partial charge < -0.3 is 18.8 Å². The summed E-state index contributed by atoms with van der Waals surface area (Å²) >= 11 is 0. The van der Waals surface area contributed by atoms with Gasteiger partial charge in [-0.3, -0.25) is 0 Å². The highest BCUT2D eigenvalue weighted by molar-refractivity contribution is 6.62. The van der Waals surface area contributed by atoms with Crippen molar-refractivity contribution in [3.63, 3.8) is 0 Å². The molecular formula is C13H14BF3O4. The molecule has 0 N–H and O–H groups in total. The molecule has 2 aliphatic heterocycles. The Morgan fingerprint density at radius 3 is 1.90 bits per heavy atom. The lowest BCUT2D eigenvalue weighted by molar-refractivity contribution is -0.286. The summed E-state index contributed by atoms with van der Waals surface area (Å²) in [4.78, 5) is 0. The number of ether oxygens (including phenoxy) is 2. The zero-order chi connectivity index (χ0) is 15.6. The highest BCUT2D eigenvalue weighted by Gasteiger charge is 2.53. The quantitative estimate of drug-likeness (QED) is 0.747. The van der Waals surface area contributed by atoms with Crippen molar-refractivity contribution in [1.29, 1.82) is 0 Å². The van der Waals surface area contributed by atoms with Crippen molar-refractivity contribution in [2.24, 2.45) is 0 Å². The Morgan fingerprint density at radius 2 is 1.38 bits per heavy atom. The van der Waals surface area contributed by atoms with Crippen LogP contribution < -0.4 is 14.9 Å². The molecule has 114 valence electrons. The molecule has 2 aliphatic rings. The van der Waals surface area contributed by atoms with Gasteiger partial charge >= 0.3 is 13.4 Å². The van der Waals surface area contributed by atoms with E-state index in [4.69, 9.17) is 9.31 Å². The summed E-state index contributed by atoms with van der Waals surface area (Å²) in [6.45, 7) is 7.25. The van der Waals surface area contributed by atoms with Crippen LogP contribution in [0, 0.1) is 5.82 Å². The first-order chi connectivity index (χ1) is 9.51. The first kappa shape index (κ1) is 14.5. The number of hydrogen-bond donors (Lipinski definition) is 0. The van der Waals surface area contributed by atoms with E-state index >= 15 is 0 Å². The van der Waals surface area contributed by atoms with Crippen LogP contribution in [0.2, 0.25) is 0 Å². The molecule has 0 atom stereocenters. The van der Waals surface area contributed by atoms with Crippen molar-refractivity contribution < 1.29 is 32.0 Å². The van der Waals surface area contributed by atoms with Crippen LogP contribution in [0.5, 0.6) is 11.5 Å². The van der Waals surface area contributed by atoms with Crippen LogP contribution in [0.4, 0.5) is 13.2 Å². The average molecular weight is 302 g/mol. The molecule has 0 saturated carbocycles. The zero-order valence-corrected chi connectivity index (χ0v) is 12.0. The highest BCUT2D eigenvalue weighted by Crippen LogP contribution is 2.42. The number of fused-ring (bicyclic) bond motifs is 1. The third-order valence-corrected chi connectivity index (χ3v) is 4.03. The van der Waals surface area contributed by atoms with Crippen molar-refractivity contribution in [2.45, 2.75) is 45.2 Å². The average Bonchev–Trinajstić information content (AvgIpc) is 2.69. The molecule has 1 aromatic rings. The molecule has 2 heterocycles. The van der Waals surface area contributed by atoms with Gasteiger partial charge in [-0.25, -0.2) is 4.39 Å². The summed E-state index contributed by atoms with van der Waals surface area (Å²) in [6, 6.07) is 1.96. The maximum atomic E-state index is 14.1. The fourth-order valence-corrected chi connectivity index (χ4v) is 2.14. The second kappa shape index (κ2) is 4.07. The van der Waals surface area contributed by atoms with E-state index in [1.807, 2.05) is 27.7 Å². The van der Waals surface area contributed by atoms with Crippen LogP contribution in [0.1, 0.15) is 27.7 Å². The van der Waals surface area contributed by atoms with Crippen molar-refractivity contribution >= 4 is 12.6 Å². The van der Waals surface area contributed by atoms with E-state index in [2.05, 4.69) is 9.47 Å². The molecule has 3 rings (SSSR count). The molecule has 1 saturated heterocycles. The summed E-state index contributed by atoms with van der Waals surface area (Å²) in [5.41, 5.74) is -1.33. The van der Waals surface area contributed by atoms with Crippen molar-refractivity contribution in [3.05, 3.63) is 17.9 Å². The fraction of sp³-hybridized carbons (Fsp3) is 0.538. The predicted molar refractivity (Wildman–Crippen MR) is 68.3 cm³/mol. The third kappa shape index (κ3) is 2.26. The zero-order valence-electron chi connectivity index (χ0n) is 12.0. The van der Waals surface area contributed by atoms with E-state index in [-0.39, 0.29) is 17.0 Å². The van der Waals surface area contributed by atoms with Crippen molar-refractivity contribution in [3.8, 4) is 11.5 Å². The van der Waals surface area contributed by atoms with Crippen LogP contribution in [-0.4, -0.2) is 24.6 Å². The maximum absolute atomic E-state index is 14.1. The molecule has 4 nitrogen and oxygen atoms in total. The first-order valence-corrected chi connectivity index (χ1v) is 6.46. The Labute approximate surface area is 120 Å². The molecule has 0 aromatic heterocycles. The number of hydrogen-bond acceptors (Lipinski definition) is 4. The Kier molecular flexibility index (Phi) is 2.82. The van der Waals surface area contributed by atoms with Gasteiger partial charge in [-0.15, -0.1) is 8.78 Å². The Hall–Kier alpha value is -1.41. The Morgan fingerprint density at radius 1 is 0.905 bits per heavy atom. The molecule has 1 fully saturated rings. The normalized spacial score (nSPS) is 24.4. The minimum atomic E-state index is -3.79. The lowest BCUT2D eigenvalue weighted by Crippen LogP contribution is -2.41. The lowest BCUT2D eigenvalue weighted by Gasteiger charge is -2.32. The van der Waals surface area contributed by atoms with Gasteiger partial charge in [0, 0.05) is 11.5 Å². The molecule has 8 heteroatoms. The monoisotopic (exact) mass is 302 g/mol. The number of benzene rings is 1. The third-order valence-electron chi connectivity index (χ3n) is 4.03. The van der Waals surface area contributed by atoms with Gasteiger partial charge in [0.05, 0.1) is 11.2 Å². The Bertz CT molecular complexity index is 587. The summed E-state index contributed by atoms with van der Waals surface area (Å²) < 4.78 is 60.0. The molecule has 1 aromatic carbocycles. The molecular weight excluding hydrogens is 288 g/mol. The largest absolute Gasteiger partial charge is 0.586 e. The van der Waals surface area contributed by atoms with Crippen molar-refractivity contribution in [2.75, 3.05) is 0 Å². The SMILES string of the molecule is CC1(C)OB(c2cc3c(cc2F)OC(F)(F)O3)OC1(C)C. The molecule has 0 unspecified atom stereocenters. The lowest BCUT2D eigenvalue weighted by atomic mass is 9.78. The fourth-order valence-electron chi connectivity index (χ4n) is 2.14. The predicted octanol–water partition coefficient (Wildman–Crippen LogP) is 2.45. The van der Waals surface area contributed by atoms with Gasteiger partial charge in [-0.2, -0.15) is 0 Å². The van der Waals surface area contributed by atoms with Gasteiger partial charge in [-0.1, -0.05) is 0 Å². The number of halogens is 3. The summed E-state index contributed by atoms with van der Waals surface area (Å²) in [5.74, 6) is -1.35. The van der Waals surface area contributed by atoms with Crippen molar-refractivity contribution in [1.82, 2.24) is 0 Å². The van der Waals surface area contributed by atoms with Gasteiger partial charge in [0.1, 0.15) is 5.82 Å². The molecule has 0 bridgehead atoms. The second-order valence-corrected chi connectivity index (χ2v) is 6.08. The Balaban J connectivity index is 1.96. The van der Waals surface area contributed by atoms with Crippen LogP contribution >= 0.6 is 0 Å². The summed E-state index contributed by atoms with van der Waals surface area (Å²) in [5, 5.41) is 0. The minimum Gasteiger partial charge on any atom is -0.399 e. The minimum absolute atomic E-state index is 0.00583. The van der Waals surface area contributed by atoms with E-state index in [0.717, 1.165) is 12.1 Å². The summed E-state index contributed by atoms with van der Waals surface area (Å²) in [7, 11) is -1.00. The van der Waals surface area contributed by atoms with Gasteiger partial charge in [0.15, 0.2) is 11.5 Å². The smallest absolute Gasteiger partial charge is 0.399 e. The van der Waals surface area contributed by atoms with E-state index in [1.165, 1.54) is 0 Å². The first-order valence-electron chi connectivity index (χ1n) is 6.46. The maximum Gasteiger partial charge on any atom is 0.586 e. The van der Waals surface area contributed by atoms with Crippen LogP contribution in [-0.2, 0) is 9.31 Å². The van der Waals surface area contributed by atoms with Gasteiger partial charge in [0.2, 0.25) is 0 Å². The molecule has 21 heavy (non-hydrogen) atoms. The van der Waals surface area contributed by atoms with Gasteiger partial charge in [0.25, 0.3) is 0 Å². The van der Waals surface area contributed by atoms with E-state index in [0.29, 0.717) is 0 Å².